The maximum absolute atomic E-state index is 12.7. The van der Waals surface area contributed by atoms with Crippen LogP contribution in [0.5, 0.6) is 0 Å². The summed E-state index contributed by atoms with van der Waals surface area (Å²) in [5.41, 5.74) is 0. The van der Waals surface area contributed by atoms with Gasteiger partial charge in [-0.05, 0) is 25.2 Å². The van der Waals surface area contributed by atoms with Gasteiger partial charge < -0.3 is 15.0 Å². The number of carbonyl (C=O) groups is 2. The zero-order chi connectivity index (χ0) is 15.8. The van der Waals surface area contributed by atoms with Crippen LogP contribution in [-0.2, 0) is 14.3 Å². The predicted molar refractivity (Wildman–Crippen MR) is 82.9 cm³/mol. The Morgan fingerprint density at radius 1 is 1.29 bits per heavy atom. The van der Waals surface area contributed by atoms with Crippen molar-refractivity contribution in [3.8, 4) is 0 Å². The number of methoxy groups -OCH3 is 1. The largest absolute Gasteiger partial charge is 0.385 e. The lowest BCUT2D eigenvalue weighted by Crippen LogP contribution is -2.65. The minimum Gasteiger partial charge on any atom is -0.385 e. The van der Waals surface area contributed by atoms with Crippen LogP contribution in [0, 0.1) is 5.92 Å². The molecule has 1 rings (SSSR count). The van der Waals surface area contributed by atoms with Crippen molar-refractivity contribution in [3.63, 3.8) is 0 Å². The van der Waals surface area contributed by atoms with E-state index in [1.165, 1.54) is 0 Å². The number of nitrogens with zero attached hydrogens (tertiary/aromatic N) is 1. The Morgan fingerprint density at radius 3 is 2.57 bits per heavy atom. The maximum Gasteiger partial charge on any atom is 0.246 e. The number of amides is 2. The number of hydrogen-bond acceptors (Lipinski definition) is 3. The summed E-state index contributed by atoms with van der Waals surface area (Å²) >= 11 is 0. The average Bonchev–Trinajstić information content (AvgIpc) is 2.48. The van der Waals surface area contributed by atoms with Gasteiger partial charge in [0.2, 0.25) is 11.8 Å². The highest BCUT2D eigenvalue weighted by Crippen LogP contribution is 2.21. The second-order valence-electron chi connectivity index (χ2n) is 5.91. The van der Waals surface area contributed by atoms with Crippen LogP contribution in [0.3, 0.4) is 0 Å². The standard InChI is InChI=1S/C16H30N2O3/c1-5-9-13-15(19)17-14(12(3)6-2)16(20)18(13)10-7-8-11-21-4/h12-14H,5-11H2,1-4H3,(H,17,19). The normalized spacial score (nSPS) is 24.1. The number of piperazine rings is 1. The van der Waals surface area contributed by atoms with Crippen LogP contribution in [0.25, 0.3) is 0 Å². The molecule has 0 aromatic carbocycles. The molecular formula is C16H30N2O3. The van der Waals surface area contributed by atoms with Crippen molar-refractivity contribution in [1.82, 2.24) is 10.2 Å². The van der Waals surface area contributed by atoms with Crippen LogP contribution >= 0.6 is 0 Å². The van der Waals surface area contributed by atoms with Gasteiger partial charge in [-0.25, -0.2) is 0 Å². The van der Waals surface area contributed by atoms with Gasteiger partial charge in [-0.3, -0.25) is 9.59 Å². The molecule has 1 N–H and O–H groups in total. The summed E-state index contributed by atoms with van der Waals surface area (Å²) in [5.74, 6) is 0.263. The third-order valence-electron chi connectivity index (χ3n) is 4.30. The molecule has 3 unspecified atom stereocenters. The smallest absolute Gasteiger partial charge is 0.246 e. The summed E-state index contributed by atoms with van der Waals surface area (Å²) in [6.45, 7) is 7.45. The minimum atomic E-state index is -0.363. The first-order valence-electron chi connectivity index (χ1n) is 8.16. The fraction of sp³-hybridized carbons (Fsp3) is 0.875. The zero-order valence-corrected chi connectivity index (χ0v) is 13.9. The highest BCUT2D eigenvalue weighted by molar-refractivity contribution is 5.97. The Labute approximate surface area is 128 Å². The molecule has 5 heteroatoms. The summed E-state index contributed by atoms with van der Waals surface area (Å²) < 4.78 is 5.05. The van der Waals surface area contributed by atoms with Gasteiger partial charge in [0.25, 0.3) is 0 Å². The molecule has 122 valence electrons. The topological polar surface area (TPSA) is 58.6 Å². The van der Waals surface area contributed by atoms with Crippen molar-refractivity contribution in [2.45, 2.75) is 65.0 Å². The van der Waals surface area contributed by atoms with Crippen molar-refractivity contribution < 1.29 is 14.3 Å². The van der Waals surface area contributed by atoms with Crippen LogP contribution in [-0.4, -0.2) is 49.1 Å². The third kappa shape index (κ3) is 4.70. The van der Waals surface area contributed by atoms with Crippen molar-refractivity contribution in [1.29, 1.82) is 0 Å². The van der Waals surface area contributed by atoms with E-state index in [1.54, 1.807) is 12.0 Å². The van der Waals surface area contributed by atoms with Crippen LogP contribution < -0.4 is 5.32 Å². The zero-order valence-electron chi connectivity index (χ0n) is 13.9. The maximum atomic E-state index is 12.7. The van der Waals surface area contributed by atoms with Crippen molar-refractivity contribution in [2.75, 3.05) is 20.3 Å². The SMILES string of the molecule is CCCC1C(=O)NC(C(C)CC)C(=O)N1CCCCOC. The van der Waals surface area contributed by atoms with Crippen molar-refractivity contribution in [2.24, 2.45) is 5.92 Å². The molecule has 3 atom stereocenters. The van der Waals surface area contributed by atoms with E-state index in [4.69, 9.17) is 4.74 Å². The molecular weight excluding hydrogens is 268 g/mol. The van der Waals surface area contributed by atoms with Gasteiger partial charge in [0.15, 0.2) is 0 Å². The highest BCUT2D eigenvalue weighted by Gasteiger charge is 2.41. The van der Waals surface area contributed by atoms with Crippen molar-refractivity contribution in [3.05, 3.63) is 0 Å². The molecule has 5 nitrogen and oxygen atoms in total. The van der Waals surface area contributed by atoms with Crippen LogP contribution in [0.4, 0.5) is 0 Å². The lowest BCUT2D eigenvalue weighted by atomic mass is 9.93. The Kier molecular flexibility index (Phi) is 7.72. The summed E-state index contributed by atoms with van der Waals surface area (Å²) in [7, 11) is 1.68. The molecule has 0 radical (unpaired) electrons. The first-order valence-corrected chi connectivity index (χ1v) is 8.16. The number of unbranched alkanes of at least 4 members (excludes halogenated alkanes) is 1. The highest BCUT2D eigenvalue weighted by atomic mass is 16.5. The molecule has 2 amide bonds. The van der Waals surface area contributed by atoms with E-state index in [9.17, 15) is 9.59 Å². The quantitative estimate of drug-likeness (QED) is 0.662. The molecule has 1 saturated heterocycles. The number of nitrogens with one attached hydrogen (secondary N) is 1. The summed E-state index contributed by atoms with van der Waals surface area (Å²) in [5, 5.41) is 2.93. The Morgan fingerprint density at radius 2 is 2.00 bits per heavy atom. The number of rotatable bonds is 9. The lowest BCUT2D eigenvalue weighted by Gasteiger charge is -2.41. The van der Waals surface area contributed by atoms with Gasteiger partial charge in [0, 0.05) is 20.3 Å². The molecule has 0 aromatic heterocycles. The molecule has 1 fully saturated rings. The average molecular weight is 298 g/mol. The predicted octanol–water partition coefficient (Wildman–Crippen LogP) is 1.95. The number of hydrogen-bond donors (Lipinski definition) is 1. The summed E-state index contributed by atoms with van der Waals surface area (Å²) in [6.07, 6.45) is 4.30. The molecule has 21 heavy (non-hydrogen) atoms. The van der Waals surface area contributed by atoms with E-state index in [0.717, 1.165) is 32.1 Å². The fourth-order valence-corrected chi connectivity index (χ4v) is 2.76. The summed E-state index contributed by atoms with van der Waals surface area (Å²) in [6, 6.07) is -0.664. The van der Waals surface area contributed by atoms with Crippen molar-refractivity contribution >= 4 is 11.8 Å². The molecule has 0 bridgehead atoms. The van der Waals surface area contributed by atoms with E-state index < -0.39 is 0 Å². The lowest BCUT2D eigenvalue weighted by molar-refractivity contribution is -0.151. The summed E-state index contributed by atoms with van der Waals surface area (Å²) in [4.78, 5) is 26.8. The van der Waals surface area contributed by atoms with Crippen LogP contribution in [0.1, 0.15) is 52.9 Å². The van der Waals surface area contributed by atoms with Gasteiger partial charge in [0.05, 0.1) is 0 Å². The van der Waals surface area contributed by atoms with Gasteiger partial charge >= 0.3 is 0 Å². The van der Waals surface area contributed by atoms with E-state index >= 15 is 0 Å². The second-order valence-corrected chi connectivity index (χ2v) is 5.91. The van der Waals surface area contributed by atoms with E-state index in [0.29, 0.717) is 13.2 Å². The second kappa shape index (κ2) is 9.03. The van der Waals surface area contributed by atoms with E-state index in [1.807, 2.05) is 20.8 Å². The van der Waals surface area contributed by atoms with Gasteiger partial charge in [0.1, 0.15) is 12.1 Å². The molecule has 0 spiro atoms. The van der Waals surface area contributed by atoms with Crippen LogP contribution in [0.2, 0.25) is 0 Å². The van der Waals surface area contributed by atoms with Gasteiger partial charge in [-0.1, -0.05) is 33.6 Å². The van der Waals surface area contributed by atoms with E-state index in [-0.39, 0.29) is 29.8 Å². The van der Waals surface area contributed by atoms with E-state index in [2.05, 4.69) is 5.32 Å². The first kappa shape index (κ1) is 18.0. The fourth-order valence-electron chi connectivity index (χ4n) is 2.76. The number of carbonyl (C=O) groups excluding carboxylic acids is 2. The van der Waals surface area contributed by atoms with Gasteiger partial charge in [-0.2, -0.15) is 0 Å². The Bertz CT molecular complexity index is 346. The Balaban J connectivity index is 2.77. The molecule has 0 aromatic rings. The molecule has 1 aliphatic heterocycles. The molecule has 1 aliphatic rings. The Hall–Kier alpha value is -1.10. The third-order valence-corrected chi connectivity index (χ3v) is 4.30. The molecule has 1 heterocycles. The monoisotopic (exact) mass is 298 g/mol. The number of ether oxygens (including phenoxy) is 1. The first-order chi connectivity index (χ1) is 10.1. The van der Waals surface area contributed by atoms with Crippen LogP contribution in [0.15, 0.2) is 0 Å². The molecule has 0 aliphatic carbocycles. The van der Waals surface area contributed by atoms with Gasteiger partial charge in [-0.15, -0.1) is 0 Å². The minimum absolute atomic E-state index is 0.00786. The molecule has 0 saturated carbocycles.